The van der Waals surface area contributed by atoms with Crippen molar-refractivity contribution in [3.05, 3.63) is 180 Å². The predicted octanol–water partition coefficient (Wildman–Crippen LogP) is 16.3. The molecule has 0 saturated heterocycles. The van der Waals surface area contributed by atoms with Crippen LogP contribution < -0.4 is 28.4 Å². The summed E-state index contributed by atoms with van der Waals surface area (Å²) in [6.07, 6.45) is 13.3. The van der Waals surface area contributed by atoms with E-state index in [2.05, 4.69) is 18.2 Å². The molecule has 0 heterocycles. The number of esters is 3. The van der Waals surface area contributed by atoms with Crippen molar-refractivity contribution in [1.29, 1.82) is 15.8 Å². The van der Waals surface area contributed by atoms with Gasteiger partial charge < -0.3 is 28.4 Å². The van der Waals surface area contributed by atoms with Crippen molar-refractivity contribution in [3.8, 4) is 86.1 Å². The zero-order valence-electron chi connectivity index (χ0n) is 46.0. The average Bonchev–Trinajstić information content (AvgIpc) is 3.53. The molecule has 0 amide bonds. The molecule has 81 heavy (non-hydrogen) atoms. The number of carbonyl (C=O) groups is 3. The molecular formula is C69H69N3O9. The van der Waals surface area contributed by atoms with Gasteiger partial charge in [-0.3, -0.25) is 14.4 Å². The lowest BCUT2D eigenvalue weighted by atomic mass is 10.0. The maximum absolute atomic E-state index is 13.1. The van der Waals surface area contributed by atoms with E-state index in [1.807, 2.05) is 109 Å². The van der Waals surface area contributed by atoms with Gasteiger partial charge in [-0.05, 0) is 145 Å². The van der Waals surface area contributed by atoms with Gasteiger partial charge in [-0.1, -0.05) is 131 Å². The fraction of sp³-hybridized carbons (Fsp3) is 0.304. The fourth-order valence-corrected chi connectivity index (χ4v) is 8.99. The van der Waals surface area contributed by atoms with Crippen LogP contribution in [0.5, 0.6) is 34.5 Å². The third kappa shape index (κ3) is 21.2. The first-order valence-corrected chi connectivity index (χ1v) is 28.2. The van der Waals surface area contributed by atoms with E-state index in [0.717, 1.165) is 128 Å². The van der Waals surface area contributed by atoms with Crippen molar-refractivity contribution < 1.29 is 42.8 Å². The van der Waals surface area contributed by atoms with Crippen LogP contribution in [-0.2, 0) is 14.4 Å². The van der Waals surface area contributed by atoms with Crippen molar-refractivity contribution >= 4 is 17.9 Å². The normalized spacial score (nSPS) is 10.6. The van der Waals surface area contributed by atoms with Crippen LogP contribution in [0.3, 0.4) is 0 Å². The molecule has 7 aromatic rings. The Bertz CT molecular complexity index is 2830. The molecular weight excluding hydrogens is 1010 g/mol. The van der Waals surface area contributed by atoms with Gasteiger partial charge in [-0.15, -0.1) is 0 Å². The van der Waals surface area contributed by atoms with Crippen LogP contribution in [0, 0.1) is 34.0 Å². The summed E-state index contributed by atoms with van der Waals surface area (Å²) in [5.41, 5.74) is 8.14. The third-order valence-corrected chi connectivity index (χ3v) is 13.5. The molecule has 7 rings (SSSR count). The number of hydrogen-bond donors (Lipinski definition) is 0. The Labute approximate surface area is 476 Å². The molecule has 0 atom stereocenters. The Kier molecular flexibility index (Phi) is 24.5. The first-order valence-electron chi connectivity index (χ1n) is 28.2. The maximum atomic E-state index is 13.1. The molecule has 0 saturated carbocycles. The second-order valence-electron chi connectivity index (χ2n) is 19.8. The largest absolute Gasteiger partial charge is 0.494 e. The van der Waals surface area contributed by atoms with E-state index in [1.165, 1.54) is 18.2 Å². The van der Waals surface area contributed by atoms with Crippen molar-refractivity contribution in [1.82, 2.24) is 0 Å². The van der Waals surface area contributed by atoms with E-state index in [9.17, 15) is 14.4 Å². The van der Waals surface area contributed by atoms with E-state index in [-0.39, 0.29) is 36.5 Å². The molecule has 0 unspecified atom stereocenters. The second-order valence-corrected chi connectivity index (χ2v) is 19.8. The van der Waals surface area contributed by atoms with Gasteiger partial charge in [0.1, 0.15) is 34.5 Å². The highest BCUT2D eigenvalue weighted by Gasteiger charge is 2.15. The minimum atomic E-state index is -0.436. The number of carbonyl (C=O) groups excluding carboxylic acids is 3. The van der Waals surface area contributed by atoms with Gasteiger partial charge in [-0.2, -0.15) is 15.8 Å². The number of nitrogens with zero attached hydrogens (tertiary/aromatic N) is 3. The van der Waals surface area contributed by atoms with Crippen molar-refractivity contribution in [3.63, 3.8) is 0 Å². The van der Waals surface area contributed by atoms with E-state index in [0.29, 0.717) is 55.8 Å². The van der Waals surface area contributed by atoms with Crippen LogP contribution in [0.4, 0.5) is 0 Å². The summed E-state index contributed by atoms with van der Waals surface area (Å²) < 4.78 is 35.0. The number of nitriles is 3. The van der Waals surface area contributed by atoms with Crippen molar-refractivity contribution in [2.45, 2.75) is 116 Å². The molecule has 0 aliphatic heterocycles. The highest BCUT2D eigenvalue weighted by atomic mass is 16.6. The van der Waals surface area contributed by atoms with Crippen LogP contribution in [0.15, 0.2) is 164 Å². The van der Waals surface area contributed by atoms with Gasteiger partial charge >= 0.3 is 17.9 Å². The van der Waals surface area contributed by atoms with Crippen LogP contribution in [0.1, 0.15) is 132 Å². The Morgan fingerprint density at radius 2 is 0.481 bits per heavy atom. The molecule has 414 valence electrons. The highest BCUT2D eigenvalue weighted by molar-refractivity contribution is 5.76. The van der Waals surface area contributed by atoms with Gasteiger partial charge in [0.2, 0.25) is 0 Å². The van der Waals surface area contributed by atoms with Crippen LogP contribution in [0.25, 0.3) is 33.4 Å². The Morgan fingerprint density at radius 1 is 0.272 bits per heavy atom. The van der Waals surface area contributed by atoms with E-state index in [4.69, 9.17) is 44.2 Å². The van der Waals surface area contributed by atoms with Gasteiger partial charge in [-0.25, -0.2) is 0 Å². The molecule has 0 bridgehead atoms. The molecule has 7 aromatic carbocycles. The van der Waals surface area contributed by atoms with E-state index < -0.39 is 17.9 Å². The number of ether oxygens (including phenoxy) is 6. The summed E-state index contributed by atoms with van der Waals surface area (Å²) in [5, 5.41) is 27.2. The topological polar surface area (TPSA) is 178 Å². The SMILES string of the molecule is N#Cc1ccc(-c2ccc(OCCCCCCCC(=O)Oc3cc(OC(=O)CCCCCCCOc4ccc(-c5ccc(C#N)cc5)cc4)cc(OC(=O)CCCCCCCOc4ccc(-c5ccc(C#N)cc5)cc4)c3)cc2)cc1. The lowest BCUT2D eigenvalue weighted by Gasteiger charge is -2.11. The smallest absolute Gasteiger partial charge is 0.311 e. The van der Waals surface area contributed by atoms with Gasteiger partial charge in [0.15, 0.2) is 0 Å². The summed E-state index contributed by atoms with van der Waals surface area (Å²) in [6, 6.07) is 57.0. The Morgan fingerprint density at radius 3 is 0.716 bits per heavy atom. The van der Waals surface area contributed by atoms with Crippen LogP contribution in [0.2, 0.25) is 0 Å². The monoisotopic (exact) mass is 1080 g/mol. The molecule has 12 nitrogen and oxygen atoms in total. The molecule has 0 aromatic heterocycles. The molecule has 0 radical (unpaired) electrons. The molecule has 0 fully saturated rings. The molecule has 0 aliphatic rings. The summed E-state index contributed by atoms with van der Waals surface area (Å²) in [4.78, 5) is 39.2. The van der Waals surface area contributed by atoms with Crippen LogP contribution >= 0.6 is 0 Å². The molecule has 12 heteroatoms. The van der Waals surface area contributed by atoms with Gasteiger partial charge in [0, 0.05) is 37.5 Å². The molecule has 0 spiro atoms. The molecule has 0 N–H and O–H groups in total. The predicted molar refractivity (Wildman–Crippen MR) is 313 cm³/mol. The summed E-state index contributed by atoms with van der Waals surface area (Å²) in [5.74, 6) is 1.47. The number of benzene rings is 7. The molecule has 0 aliphatic carbocycles. The minimum Gasteiger partial charge on any atom is -0.494 e. The third-order valence-electron chi connectivity index (χ3n) is 13.5. The first kappa shape index (κ1) is 59.5. The van der Waals surface area contributed by atoms with Gasteiger partial charge in [0.05, 0.1) is 54.7 Å². The Balaban J connectivity index is 0.792. The number of hydrogen-bond acceptors (Lipinski definition) is 12. The fourth-order valence-electron chi connectivity index (χ4n) is 8.99. The second kappa shape index (κ2) is 33.3. The van der Waals surface area contributed by atoms with Crippen molar-refractivity contribution in [2.75, 3.05) is 19.8 Å². The zero-order chi connectivity index (χ0) is 56.7. The standard InChI is InChI=1S/C69H69N3O9/c70-49-52-19-25-55(26-20-52)58-31-37-61(38-32-58)76-43-13-7-1-4-10-16-67(73)79-64-46-65(80-68(74)17-11-5-2-8-14-44-77-62-39-33-59(34-40-62)56-27-21-53(50-71)22-28-56)48-66(47-64)81-69(75)18-12-6-3-9-15-45-78-63-41-35-60(36-42-63)57-29-23-54(51-72)24-30-57/h19-42,46-48H,1-18,43-45H2. The van der Waals surface area contributed by atoms with E-state index >= 15 is 0 Å². The summed E-state index contributed by atoms with van der Waals surface area (Å²) in [7, 11) is 0. The van der Waals surface area contributed by atoms with Crippen molar-refractivity contribution in [2.24, 2.45) is 0 Å². The Hall–Kier alpha value is -9.18. The number of rotatable bonds is 33. The maximum Gasteiger partial charge on any atom is 0.311 e. The average molecular weight is 1080 g/mol. The van der Waals surface area contributed by atoms with E-state index in [1.54, 1.807) is 36.4 Å². The lowest BCUT2D eigenvalue weighted by molar-refractivity contribution is -0.135. The van der Waals surface area contributed by atoms with Gasteiger partial charge in [0.25, 0.3) is 0 Å². The zero-order valence-corrected chi connectivity index (χ0v) is 46.0. The summed E-state index contributed by atoms with van der Waals surface area (Å²) in [6.45, 7) is 1.75. The van der Waals surface area contributed by atoms with Crippen LogP contribution in [-0.4, -0.2) is 37.7 Å². The first-order chi connectivity index (χ1) is 39.7. The summed E-state index contributed by atoms with van der Waals surface area (Å²) >= 11 is 0. The minimum absolute atomic E-state index is 0.129. The quantitative estimate of drug-likeness (QED) is 0.0216. The number of unbranched alkanes of at least 4 members (excludes halogenated alkanes) is 12. The highest BCUT2D eigenvalue weighted by Crippen LogP contribution is 2.31. The lowest BCUT2D eigenvalue weighted by Crippen LogP contribution is -2.11.